The molecule has 140 valence electrons. The van der Waals surface area contributed by atoms with Crippen LogP contribution in [0.3, 0.4) is 0 Å². The number of carbonyl (C=O) groups excluding carboxylic acids is 1. The molecule has 1 fully saturated rings. The van der Waals surface area contributed by atoms with Crippen LogP contribution < -0.4 is 4.74 Å². The minimum absolute atomic E-state index is 0.0271. The first kappa shape index (κ1) is 18.6. The van der Waals surface area contributed by atoms with E-state index in [-0.39, 0.29) is 12.4 Å². The van der Waals surface area contributed by atoms with Gasteiger partial charge in [0.2, 0.25) is 0 Å². The predicted octanol–water partition coefficient (Wildman–Crippen LogP) is 3.79. The Kier molecular flexibility index (Phi) is 6.80. The van der Waals surface area contributed by atoms with Crippen LogP contribution >= 0.6 is 0 Å². The smallest absolute Gasteiger partial charge is 0.184 e. The van der Waals surface area contributed by atoms with Crippen LogP contribution in [0.25, 0.3) is 0 Å². The first-order valence-electron chi connectivity index (χ1n) is 9.02. The molecule has 0 amide bonds. The summed E-state index contributed by atoms with van der Waals surface area (Å²) in [5, 5.41) is 3.88. The number of benzene rings is 1. The van der Waals surface area contributed by atoms with Crippen molar-refractivity contribution in [3.05, 3.63) is 47.3 Å². The Hall–Kier alpha value is -2.18. The largest absolute Gasteiger partial charge is 0.497 e. The van der Waals surface area contributed by atoms with E-state index in [2.05, 4.69) is 5.16 Å². The lowest BCUT2D eigenvalue weighted by Gasteiger charge is -2.21. The number of hydrogen-bond donors (Lipinski definition) is 0. The molecule has 0 aliphatic carbocycles. The maximum absolute atomic E-state index is 12.3. The quantitative estimate of drug-likeness (QED) is 0.635. The molecule has 1 aliphatic heterocycles. The van der Waals surface area contributed by atoms with Crippen LogP contribution in [0.15, 0.2) is 34.9 Å². The van der Waals surface area contributed by atoms with Crippen molar-refractivity contribution in [1.82, 2.24) is 5.16 Å². The molecule has 0 radical (unpaired) electrons. The monoisotopic (exact) mass is 359 g/mol. The molecule has 0 atom stereocenters. The molecule has 26 heavy (non-hydrogen) atoms. The minimum Gasteiger partial charge on any atom is -0.497 e. The van der Waals surface area contributed by atoms with Crippen LogP contribution in [-0.2, 0) is 22.7 Å². The highest BCUT2D eigenvalue weighted by Gasteiger charge is 2.18. The molecule has 1 aromatic carbocycles. The molecule has 0 spiro atoms. The number of hydrogen-bond acceptors (Lipinski definition) is 6. The summed E-state index contributed by atoms with van der Waals surface area (Å²) in [5.74, 6) is 1.95. The zero-order valence-electron chi connectivity index (χ0n) is 15.1. The summed E-state index contributed by atoms with van der Waals surface area (Å²) in [6.45, 7) is 2.32. The normalized spacial score (nSPS) is 15.1. The number of carbonyl (C=O) groups is 1. The second kappa shape index (κ2) is 9.50. The Labute approximate surface area is 153 Å². The van der Waals surface area contributed by atoms with Gasteiger partial charge in [0.15, 0.2) is 11.5 Å². The van der Waals surface area contributed by atoms with Gasteiger partial charge in [0, 0.05) is 25.7 Å². The van der Waals surface area contributed by atoms with Crippen LogP contribution in [0.4, 0.5) is 0 Å². The third kappa shape index (κ3) is 5.41. The van der Waals surface area contributed by atoms with E-state index >= 15 is 0 Å². The number of nitrogens with zero attached hydrogens (tertiary/aromatic N) is 1. The van der Waals surface area contributed by atoms with E-state index in [0.29, 0.717) is 30.4 Å². The van der Waals surface area contributed by atoms with Crippen molar-refractivity contribution in [2.24, 2.45) is 5.92 Å². The van der Waals surface area contributed by atoms with Gasteiger partial charge < -0.3 is 18.7 Å². The lowest BCUT2D eigenvalue weighted by Crippen LogP contribution is -2.16. The van der Waals surface area contributed by atoms with Gasteiger partial charge in [-0.2, -0.15) is 0 Å². The van der Waals surface area contributed by atoms with Crippen molar-refractivity contribution in [2.75, 3.05) is 20.3 Å². The zero-order chi connectivity index (χ0) is 18.2. The summed E-state index contributed by atoms with van der Waals surface area (Å²) >= 11 is 0. The highest BCUT2D eigenvalue weighted by atomic mass is 16.5. The van der Waals surface area contributed by atoms with Crippen molar-refractivity contribution < 1.29 is 23.5 Å². The number of Topliss-reactive ketones (excluding diaryl/α,β-unsaturated/α-hetero) is 1. The molecule has 6 heteroatoms. The molecule has 0 saturated carbocycles. The Balaban J connectivity index is 1.42. The van der Waals surface area contributed by atoms with E-state index in [1.165, 1.54) is 0 Å². The maximum Gasteiger partial charge on any atom is 0.184 e. The molecule has 0 bridgehead atoms. The molecular formula is C20H25NO5. The Morgan fingerprint density at radius 1 is 1.23 bits per heavy atom. The third-order valence-corrected chi connectivity index (χ3v) is 4.61. The molecule has 6 nitrogen and oxygen atoms in total. The molecular weight excluding hydrogens is 334 g/mol. The van der Waals surface area contributed by atoms with Gasteiger partial charge in [-0.05, 0) is 42.9 Å². The van der Waals surface area contributed by atoms with E-state index in [1.807, 2.05) is 24.3 Å². The number of ether oxygens (including phenoxy) is 3. The first-order chi connectivity index (χ1) is 12.7. The van der Waals surface area contributed by atoms with Gasteiger partial charge in [0.1, 0.15) is 18.1 Å². The second-order valence-electron chi connectivity index (χ2n) is 6.54. The van der Waals surface area contributed by atoms with Gasteiger partial charge in [0.25, 0.3) is 0 Å². The van der Waals surface area contributed by atoms with Crippen molar-refractivity contribution in [3.63, 3.8) is 0 Å². The summed E-state index contributed by atoms with van der Waals surface area (Å²) in [6.07, 6.45) is 3.46. The van der Waals surface area contributed by atoms with Crippen LogP contribution in [0.5, 0.6) is 5.75 Å². The van der Waals surface area contributed by atoms with Gasteiger partial charge in [-0.1, -0.05) is 17.3 Å². The molecule has 2 aromatic rings. The SMILES string of the molecule is COc1cccc(COCc2cc(C(=O)CCC3CCOCC3)no2)c1. The highest BCUT2D eigenvalue weighted by Crippen LogP contribution is 2.21. The van der Waals surface area contributed by atoms with E-state index in [4.69, 9.17) is 18.7 Å². The molecule has 1 aliphatic rings. The first-order valence-corrected chi connectivity index (χ1v) is 9.02. The summed E-state index contributed by atoms with van der Waals surface area (Å²) in [5.41, 5.74) is 1.40. The summed E-state index contributed by atoms with van der Waals surface area (Å²) in [7, 11) is 1.63. The fourth-order valence-electron chi connectivity index (χ4n) is 3.04. The van der Waals surface area contributed by atoms with Crippen LogP contribution in [0.1, 0.15) is 47.5 Å². The Bertz CT molecular complexity index is 706. The fraction of sp³-hybridized carbons (Fsp3) is 0.500. The average molecular weight is 359 g/mol. The minimum atomic E-state index is 0.0271. The van der Waals surface area contributed by atoms with Crippen LogP contribution in [0, 0.1) is 5.92 Å². The number of rotatable bonds is 9. The highest BCUT2D eigenvalue weighted by molar-refractivity contribution is 5.94. The molecule has 3 rings (SSSR count). The molecule has 1 saturated heterocycles. The van der Waals surface area contributed by atoms with Gasteiger partial charge in [0.05, 0.1) is 13.7 Å². The summed E-state index contributed by atoms with van der Waals surface area (Å²) in [4.78, 5) is 12.3. The lowest BCUT2D eigenvalue weighted by molar-refractivity contribution is 0.0618. The van der Waals surface area contributed by atoms with Crippen molar-refractivity contribution in [1.29, 1.82) is 0 Å². The van der Waals surface area contributed by atoms with Crippen molar-refractivity contribution in [3.8, 4) is 5.75 Å². The summed E-state index contributed by atoms with van der Waals surface area (Å²) in [6, 6.07) is 9.37. The van der Waals surface area contributed by atoms with Gasteiger partial charge >= 0.3 is 0 Å². The Morgan fingerprint density at radius 3 is 2.88 bits per heavy atom. The van der Waals surface area contributed by atoms with Gasteiger partial charge in [-0.25, -0.2) is 0 Å². The zero-order valence-corrected chi connectivity index (χ0v) is 15.1. The summed E-state index contributed by atoms with van der Waals surface area (Å²) < 4.78 is 21.4. The van der Waals surface area contributed by atoms with Gasteiger partial charge in [-0.3, -0.25) is 4.79 Å². The van der Waals surface area contributed by atoms with Crippen LogP contribution in [0.2, 0.25) is 0 Å². The van der Waals surface area contributed by atoms with Crippen molar-refractivity contribution >= 4 is 5.78 Å². The number of methoxy groups -OCH3 is 1. The topological polar surface area (TPSA) is 70.8 Å². The fourth-order valence-corrected chi connectivity index (χ4v) is 3.04. The van der Waals surface area contributed by atoms with Crippen LogP contribution in [-0.4, -0.2) is 31.3 Å². The molecule has 0 N–H and O–H groups in total. The second-order valence-corrected chi connectivity index (χ2v) is 6.54. The number of ketones is 1. The van der Waals surface area contributed by atoms with Gasteiger partial charge in [-0.15, -0.1) is 0 Å². The maximum atomic E-state index is 12.3. The number of aromatic nitrogens is 1. The molecule has 1 aromatic heterocycles. The molecule has 2 heterocycles. The van der Waals surface area contributed by atoms with E-state index in [1.54, 1.807) is 13.2 Å². The van der Waals surface area contributed by atoms with Crippen molar-refractivity contribution in [2.45, 2.75) is 38.9 Å². The van der Waals surface area contributed by atoms with E-state index in [9.17, 15) is 4.79 Å². The average Bonchev–Trinajstić information content (AvgIpc) is 3.16. The standard InChI is InChI=1S/C20H25NO5/c1-23-17-4-2-3-16(11-17)13-25-14-18-12-19(21-26-18)20(22)6-5-15-7-9-24-10-8-15/h2-4,11-12,15H,5-10,13-14H2,1H3. The lowest BCUT2D eigenvalue weighted by atomic mass is 9.93. The molecule has 0 unspecified atom stereocenters. The van der Waals surface area contributed by atoms with E-state index in [0.717, 1.165) is 43.8 Å². The third-order valence-electron chi connectivity index (χ3n) is 4.61. The predicted molar refractivity (Wildman–Crippen MR) is 95.1 cm³/mol. The Morgan fingerprint density at radius 2 is 2.08 bits per heavy atom. The van der Waals surface area contributed by atoms with E-state index < -0.39 is 0 Å².